The number of aromatic nitrogens is 2. The molecule has 1 N–H and O–H groups in total. The van der Waals surface area contributed by atoms with Crippen LogP contribution in [0.25, 0.3) is 0 Å². The third-order valence-electron chi connectivity index (χ3n) is 4.10. The van der Waals surface area contributed by atoms with Crippen molar-refractivity contribution in [1.82, 2.24) is 14.9 Å². The minimum atomic E-state index is -4.57. The Morgan fingerprint density at radius 1 is 1.30 bits per heavy atom. The van der Waals surface area contributed by atoms with E-state index < -0.39 is 42.8 Å². The molecular weight excluding hydrogens is 368 g/mol. The van der Waals surface area contributed by atoms with Gasteiger partial charge in [-0.2, -0.15) is 13.2 Å². The van der Waals surface area contributed by atoms with Crippen molar-refractivity contribution < 1.29 is 27.2 Å². The fraction of sp³-hybridized carbons (Fsp3) is 0.294. The fourth-order valence-corrected chi connectivity index (χ4v) is 2.87. The summed E-state index contributed by atoms with van der Waals surface area (Å²) < 4.78 is 53.2. The predicted octanol–water partition coefficient (Wildman–Crippen LogP) is 2.66. The van der Waals surface area contributed by atoms with Crippen LogP contribution in [0.2, 0.25) is 0 Å². The molecule has 10 heteroatoms. The van der Waals surface area contributed by atoms with Crippen LogP contribution in [0.4, 0.5) is 23.5 Å². The molecule has 2 aromatic rings. The Hall–Kier alpha value is -3.04. The average Bonchev–Trinajstić information content (AvgIpc) is 2.58. The van der Waals surface area contributed by atoms with Crippen LogP contribution in [0.5, 0.6) is 0 Å². The molecule has 0 saturated carbocycles. The van der Waals surface area contributed by atoms with Gasteiger partial charge in [-0.3, -0.25) is 14.9 Å². The predicted molar refractivity (Wildman–Crippen MR) is 86.5 cm³/mol. The number of rotatable bonds is 3. The largest absolute Gasteiger partial charge is 0.397 e. The molecule has 2 amide bonds. The highest BCUT2D eigenvalue weighted by molar-refractivity contribution is 6.00. The highest BCUT2D eigenvalue weighted by atomic mass is 19.4. The first-order valence-corrected chi connectivity index (χ1v) is 7.89. The van der Waals surface area contributed by atoms with E-state index in [1.54, 1.807) is 13.0 Å². The van der Waals surface area contributed by atoms with E-state index in [0.717, 1.165) is 17.3 Å². The quantitative estimate of drug-likeness (QED) is 0.829. The third-order valence-corrected chi connectivity index (χ3v) is 4.10. The maximum Gasteiger partial charge on any atom is 0.397 e. The summed E-state index contributed by atoms with van der Waals surface area (Å²) in [4.78, 5) is 32.5. The Kier molecular flexibility index (Phi) is 4.81. The Morgan fingerprint density at radius 3 is 2.59 bits per heavy atom. The number of fused-ring (bicyclic) bond motifs is 1. The van der Waals surface area contributed by atoms with E-state index in [0.29, 0.717) is 5.56 Å². The highest BCUT2D eigenvalue weighted by Gasteiger charge is 2.47. The van der Waals surface area contributed by atoms with E-state index >= 15 is 0 Å². The Bertz CT molecular complexity index is 883. The van der Waals surface area contributed by atoms with Gasteiger partial charge in [0.15, 0.2) is 5.82 Å². The molecule has 1 aromatic heterocycles. The minimum Gasteiger partial charge on any atom is -0.328 e. The second-order valence-electron chi connectivity index (χ2n) is 6.14. The number of nitrogens with zero attached hydrogens (tertiary/aromatic N) is 3. The number of hydrogen-bond acceptors (Lipinski definition) is 4. The molecule has 1 aromatic carbocycles. The van der Waals surface area contributed by atoms with Crippen molar-refractivity contribution in [3.63, 3.8) is 0 Å². The van der Waals surface area contributed by atoms with E-state index in [9.17, 15) is 27.2 Å². The second-order valence-corrected chi connectivity index (χ2v) is 6.14. The molecule has 27 heavy (non-hydrogen) atoms. The Labute approximate surface area is 151 Å². The van der Waals surface area contributed by atoms with Crippen LogP contribution in [0.1, 0.15) is 27.4 Å². The number of hydrogen-bond donors (Lipinski definition) is 1. The van der Waals surface area contributed by atoms with Gasteiger partial charge in [0.25, 0.3) is 5.91 Å². The molecule has 0 radical (unpaired) electrons. The first-order chi connectivity index (χ1) is 12.6. The van der Waals surface area contributed by atoms with Crippen molar-refractivity contribution in [2.24, 2.45) is 0 Å². The summed E-state index contributed by atoms with van der Waals surface area (Å²) in [5.41, 5.74) is 0.432. The van der Waals surface area contributed by atoms with Gasteiger partial charge in [-0.1, -0.05) is 17.7 Å². The van der Waals surface area contributed by atoms with Crippen LogP contribution in [-0.4, -0.2) is 45.9 Å². The summed E-state index contributed by atoms with van der Waals surface area (Å²) in [7, 11) is 0. The first kappa shape index (κ1) is 18.7. The van der Waals surface area contributed by atoms with Crippen LogP contribution >= 0.6 is 0 Å². The van der Waals surface area contributed by atoms with Gasteiger partial charge in [0, 0.05) is 12.1 Å². The molecule has 1 atom stereocenters. The molecule has 1 aliphatic rings. The summed E-state index contributed by atoms with van der Waals surface area (Å²) in [6, 6.07) is 4.22. The highest BCUT2D eigenvalue weighted by Crippen LogP contribution is 2.40. The third kappa shape index (κ3) is 4.04. The molecule has 2 heterocycles. The normalized spacial score (nSPS) is 16.9. The number of carbonyl (C=O) groups excluding carboxylic acids is 2. The van der Waals surface area contributed by atoms with E-state index in [1.165, 1.54) is 12.1 Å². The lowest BCUT2D eigenvalue weighted by atomic mass is 9.87. The standard InChI is InChI=1S/C17H14F4N4O2/c1-9-2-3-11-12(4-9)13(17(19,20)21)7-25(15(11)27)8-14(26)24-16-22-5-10(18)6-23-16/h2-6,13H,7-8H2,1H3,(H,22,23,24,26). The lowest BCUT2D eigenvalue weighted by Gasteiger charge is -2.35. The molecule has 1 aliphatic heterocycles. The zero-order chi connectivity index (χ0) is 19.8. The van der Waals surface area contributed by atoms with Crippen LogP contribution in [0.3, 0.4) is 0 Å². The summed E-state index contributed by atoms with van der Waals surface area (Å²) in [5.74, 6) is -4.26. The fourth-order valence-electron chi connectivity index (χ4n) is 2.87. The van der Waals surface area contributed by atoms with Crippen molar-refractivity contribution >= 4 is 17.8 Å². The molecule has 3 rings (SSSR count). The number of benzene rings is 1. The number of amides is 2. The van der Waals surface area contributed by atoms with E-state index in [4.69, 9.17) is 0 Å². The van der Waals surface area contributed by atoms with Crippen LogP contribution in [0.15, 0.2) is 30.6 Å². The van der Waals surface area contributed by atoms with Gasteiger partial charge in [0.1, 0.15) is 6.54 Å². The lowest BCUT2D eigenvalue weighted by Crippen LogP contribution is -2.47. The van der Waals surface area contributed by atoms with Crippen LogP contribution < -0.4 is 5.32 Å². The van der Waals surface area contributed by atoms with Crippen molar-refractivity contribution in [3.05, 3.63) is 53.1 Å². The number of carbonyl (C=O) groups is 2. The molecule has 0 saturated heterocycles. The van der Waals surface area contributed by atoms with Gasteiger partial charge in [0.2, 0.25) is 11.9 Å². The minimum absolute atomic E-state index is 0.0833. The first-order valence-electron chi connectivity index (χ1n) is 7.89. The van der Waals surface area contributed by atoms with Gasteiger partial charge in [-0.05, 0) is 18.6 Å². The maximum absolute atomic E-state index is 13.5. The molecule has 0 bridgehead atoms. The van der Waals surface area contributed by atoms with Gasteiger partial charge < -0.3 is 4.90 Å². The average molecular weight is 382 g/mol. The Morgan fingerprint density at radius 2 is 1.96 bits per heavy atom. The molecular formula is C17H14F4N4O2. The smallest absolute Gasteiger partial charge is 0.328 e. The maximum atomic E-state index is 13.5. The zero-order valence-electron chi connectivity index (χ0n) is 14.0. The van der Waals surface area contributed by atoms with E-state index in [1.807, 2.05) is 0 Å². The monoisotopic (exact) mass is 382 g/mol. The number of anilines is 1. The summed E-state index contributed by atoms with van der Waals surface area (Å²) >= 11 is 0. The molecule has 142 valence electrons. The number of alkyl halides is 3. The van der Waals surface area contributed by atoms with Crippen molar-refractivity contribution in [3.8, 4) is 0 Å². The van der Waals surface area contributed by atoms with Crippen LogP contribution in [-0.2, 0) is 4.79 Å². The molecule has 0 aliphatic carbocycles. The number of aryl methyl sites for hydroxylation is 1. The zero-order valence-corrected chi connectivity index (χ0v) is 14.0. The number of halogens is 4. The molecule has 6 nitrogen and oxygen atoms in total. The summed E-state index contributed by atoms with van der Waals surface area (Å²) in [6.07, 6.45) is -2.92. The topological polar surface area (TPSA) is 75.2 Å². The van der Waals surface area contributed by atoms with Gasteiger partial charge in [-0.25, -0.2) is 14.4 Å². The van der Waals surface area contributed by atoms with E-state index in [-0.39, 0.29) is 17.1 Å². The lowest BCUT2D eigenvalue weighted by molar-refractivity contribution is -0.155. The van der Waals surface area contributed by atoms with Crippen molar-refractivity contribution in [1.29, 1.82) is 0 Å². The molecule has 1 unspecified atom stereocenters. The summed E-state index contributed by atoms with van der Waals surface area (Å²) in [6.45, 7) is 0.358. The van der Waals surface area contributed by atoms with Crippen molar-refractivity contribution in [2.45, 2.75) is 19.0 Å². The molecule has 0 fully saturated rings. The van der Waals surface area contributed by atoms with E-state index in [2.05, 4.69) is 15.3 Å². The summed E-state index contributed by atoms with van der Waals surface area (Å²) in [5, 5.41) is 2.22. The van der Waals surface area contributed by atoms with Gasteiger partial charge in [0.05, 0.1) is 18.3 Å². The van der Waals surface area contributed by atoms with Crippen molar-refractivity contribution in [2.75, 3.05) is 18.4 Å². The Balaban J connectivity index is 1.81. The molecule has 0 spiro atoms. The second kappa shape index (κ2) is 6.93. The van der Waals surface area contributed by atoms with Gasteiger partial charge in [-0.15, -0.1) is 0 Å². The SMILES string of the molecule is Cc1ccc2c(c1)C(C(F)(F)F)CN(CC(=O)Nc1ncc(F)cn1)C2=O. The van der Waals surface area contributed by atoms with Crippen LogP contribution in [0, 0.1) is 12.7 Å². The number of nitrogens with one attached hydrogen (secondary N) is 1. The van der Waals surface area contributed by atoms with Gasteiger partial charge >= 0.3 is 6.18 Å².